The normalized spacial score (nSPS) is 14.1. The van der Waals surface area contributed by atoms with Gasteiger partial charge in [-0.25, -0.2) is 0 Å². The summed E-state index contributed by atoms with van der Waals surface area (Å²) in [7, 11) is 0. The van der Waals surface area contributed by atoms with Crippen LogP contribution in [-0.2, 0) is 0 Å². The van der Waals surface area contributed by atoms with Crippen LogP contribution in [0.25, 0.3) is 0 Å². The van der Waals surface area contributed by atoms with Crippen molar-refractivity contribution in [1.29, 1.82) is 0 Å². The lowest BCUT2D eigenvalue weighted by molar-refractivity contribution is 0.147. The Morgan fingerprint density at radius 3 is 2.25 bits per heavy atom. The van der Waals surface area contributed by atoms with Crippen LogP contribution >= 0.6 is 43.5 Å². The van der Waals surface area contributed by atoms with Crippen molar-refractivity contribution in [2.24, 2.45) is 5.73 Å². The standard InChI is InChI=1S/C15H14Br2ClNO/c16-12-6-2-1-4-9(12)11(8-19)15(20)10-5-3-7-13(17)14(10)18/h1-7,11,15,20H,8,19H2. The van der Waals surface area contributed by atoms with Crippen molar-refractivity contribution in [3.05, 3.63) is 67.6 Å². The largest absolute Gasteiger partial charge is 0.388 e. The first-order chi connectivity index (χ1) is 9.56. The second kappa shape index (κ2) is 7.05. The zero-order valence-electron chi connectivity index (χ0n) is 10.6. The van der Waals surface area contributed by atoms with E-state index in [2.05, 4.69) is 31.9 Å². The molecule has 20 heavy (non-hydrogen) atoms. The molecule has 2 rings (SSSR count). The fraction of sp³-hybridized carbons (Fsp3) is 0.200. The average Bonchev–Trinajstić information content (AvgIpc) is 2.44. The molecule has 0 aliphatic rings. The molecule has 2 atom stereocenters. The number of hydrogen-bond donors (Lipinski definition) is 2. The van der Waals surface area contributed by atoms with E-state index in [-0.39, 0.29) is 5.92 Å². The van der Waals surface area contributed by atoms with Crippen LogP contribution in [0.4, 0.5) is 0 Å². The number of hydrogen-bond acceptors (Lipinski definition) is 2. The third-order valence-electron chi connectivity index (χ3n) is 3.24. The summed E-state index contributed by atoms with van der Waals surface area (Å²) in [5.41, 5.74) is 7.51. The molecule has 5 heteroatoms. The highest BCUT2D eigenvalue weighted by Crippen LogP contribution is 2.38. The predicted molar refractivity (Wildman–Crippen MR) is 90.0 cm³/mol. The monoisotopic (exact) mass is 417 g/mol. The van der Waals surface area contributed by atoms with Crippen molar-refractivity contribution in [1.82, 2.24) is 0 Å². The number of benzene rings is 2. The Kier molecular flexibility index (Phi) is 5.64. The first-order valence-electron chi connectivity index (χ1n) is 6.12. The summed E-state index contributed by atoms with van der Waals surface area (Å²) in [6.45, 7) is 0.326. The molecule has 0 radical (unpaired) electrons. The minimum atomic E-state index is -0.760. The molecule has 0 fully saturated rings. The Balaban J connectivity index is 2.42. The fourth-order valence-electron chi connectivity index (χ4n) is 2.17. The van der Waals surface area contributed by atoms with E-state index in [0.29, 0.717) is 17.1 Å². The van der Waals surface area contributed by atoms with E-state index >= 15 is 0 Å². The molecule has 0 aliphatic heterocycles. The molecule has 106 valence electrons. The van der Waals surface area contributed by atoms with Gasteiger partial charge in [-0.05, 0) is 33.6 Å². The van der Waals surface area contributed by atoms with Crippen LogP contribution in [0, 0.1) is 0 Å². The van der Waals surface area contributed by atoms with Gasteiger partial charge in [0.05, 0.1) is 11.1 Å². The maximum Gasteiger partial charge on any atom is 0.0885 e. The topological polar surface area (TPSA) is 46.2 Å². The molecule has 0 aromatic heterocycles. The van der Waals surface area contributed by atoms with Crippen LogP contribution in [0.5, 0.6) is 0 Å². The summed E-state index contributed by atoms with van der Waals surface area (Å²) in [5.74, 6) is -0.225. The van der Waals surface area contributed by atoms with Gasteiger partial charge in [-0.3, -0.25) is 0 Å². The zero-order valence-corrected chi connectivity index (χ0v) is 14.5. The van der Waals surface area contributed by atoms with Gasteiger partial charge >= 0.3 is 0 Å². The Morgan fingerprint density at radius 1 is 1.00 bits per heavy atom. The van der Waals surface area contributed by atoms with Crippen molar-refractivity contribution >= 4 is 43.5 Å². The van der Waals surface area contributed by atoms with Gasteiger partial charge in [0.1, 0.15) is 0 Å². The van der Waals surface area contributed by atoms with Gasteiger partial charge in [-0.2, -0.15) is 0 Å². The lowest BCUT2D eigenvalue weighted by atomic mass is 9.89. The molecule has 3 N–H and O–H groups in total. The Morgan fingerprint density at radius 2 is 1.60 bits per heavy atom. The molecule has 2 nitrogen and oxygen atoms in total. The molecule has 0 bridgehead atoms. The summed E-state index contributed by atoms with van der Waals surface area (Å²) in [5, 5.41) is 11.2. The van der Waals surface area contributed by atoms with Gasteiger partial charge in [0.25, 0.3) is 0 Å². The zero-order chi connectivity index (χ0) is 14.7. The quantitative estimate of drug-likeness (QED) is 0.758. The summed E-state index contributed by atoms with van der Waals surface area (Å²) >= 11 is 13.1. The molecule has 2 unspecified atom stereocenters. The van der Waals surface area contributed by atoms with Gasteiger partial charge in [0, 0.05) is 27.0 Å². The van der Waals surface area contributed by atoms with Crippen LogP contribution < -0.4 is 5.73 Å². The second-order valence-corrected chi connectivity index (χ2v) is 6.54. The number of aliphatic hydroxyl groups is 1. The number of aliphatic hydroxyl groups excluding tert-OH is 1. The van der Waals surface area contributed by atoms with Gasteiger partial charge in [-0.15, -0.1) is 0 Å². The molecule has 0 heterocycles. The van der Waals surface area contributed by atoms with Crippen LogP contribution in [0.2, 0.25) is 5.02 Å². The van der Waals surface area contributed by atoms with Crippen molar-refractivity contribution in [2.75, 3.05) is 6.54 Å². The Bertz CT molecular complexity index is 606. The van der Waals surface area contributed by atoms with Crippen molar-refractivity contribution in [3.63, 3.8) is 0 Å². The van der Waals surface area contributed by atoms with E-state index in [1.54, 1.807) is 0 Å². The smallest absolute Gasteiger partial charge is 0.0885 e. The summed E-state index contributed by atoms with van der Waals surface area (Å²) in [4.78, 5) is 0. The predicted octanol–water partition coefficient (Wildman–Crippen LogP) is 4.64. The Labute approximate surface area is 140 Å². The summed E-state index contributed by atoms with van der Waals surface area (Å²) < 4.78 is 1.69. The Hall–Kier alpha value is -0.390. The van der Waals surface area contributed by atoms with Crippen LogP contribution in [0.15, 0.2) is 51.4 Å². The maximum atomic E-state index is 10.7. The number of halogens is 3. The highest BCUT2D eigenvalue weighted by molar-refractivity contribution is 9.10. The molecule has 0 spiro atoms. The highest BCUT2D eigenvalue weighted by Gasteiger charge is 2.25. The van der Waals surface area contributed by atoms with Crippen molar-refractivity contribution in [2.45, 2.75) is 12.0 Å². The first-order valence-corrected chi connectivity index (χ1v) is 8.09. The molecular formula is C15H14Br2ClNO. The van der Waals surface area contributed by atoms with E-state index < -0.39 is 6.10 Å². The molecular weight excluding hydrogens is 405 g/mol. The third-order valence-corrected chi connectivity index (χ3v) is 5.27. The van der Waals surface area contributed by atoms with E-state index in [0.717, 1.165) is 14.5 Å². The van der Waals surface area contributed by atoms with E-state index in [4.69, 9.17) is 17.3 Å². The van der Waals surface area contributed by atoms with Crippen molar-refractivity contribution in [3.8, 4) is 0 Å². The molecule has 0 amide bonds. The summed E-state index contributed by atoms with van der Waals surface area (Å²) in [6.07, 6.45) is -0.760. The minimum Gasteiger partial charge on any atom is -0.388 e. The summed E-state index contributed by atoms with van der Waals surface area (Å²) in [6, 6.07) is 13.3. The third kappa shape index (κ3) is 3.26. The lowest BCUT2D eigenvalue weighted by Crippen LogP contribution is -2.21. The minimum absolute atomic E-state index is 0.225. The van der Waals surface area contributed by atoms with E-state index in [9.17, 15) is 5.11 Å². The second-order valence-electron chi connectivity index (χ2n) is 4.45. The van der Waals surface area contributed by atoms with Gasteiger partial charge in [-0.1, -0.05) is 57.9 Å². The van der Waals surface area contributed by atoms with Gasteiger partial charge in [0.15, 0.2) is 0 Å². The maximum absolute atomic E-state index is 10.7. The molecule has 0 saturated carbocycles. The fourth-order valence-corrected chi connectivity index (χ4v) is 3.37. The van der Waals surface area contributed by atoms with E-state index in [1.807, 2.05) is 42.5 Å². The van der Waals surface area contributed by atoms with Crippen LogP contribution in [-0.4, -0.2) is 11.7 Å². The SMILES string of the molecule is NCC(c1ccccc1Br)C(O)c1cccc(Br)c1Cl. The van der Waals surface area contributed by atoms with Crippen LogP contribution in [0.3, 0.4) is 0 Å². The van der Waals surface area contributed by atoms with Gasteiger partial charge in [0.2, 0.25) is 0 Å². The number of rotatable bonds is 4. The molecule has 0 aliphatic carbocycles. The van der Waals surface area contributed by atoms with Crippen LogP contribution in [0.1, 0.15) is 23.1 Å². The highest BCUT2D eigenvalue weighted by atomic mass is 79.9. The molecule has 0 saturated heterocycles. The van der Waals surface area contributed by atoms with E-state index in [1.165, 1.54) is 0 Å². The number of nitrogens with two attached hydrogens (primary N) is 1. The first kappa shape index (κ1) is 16.0. The molecule has 2 aromatic rings. The van der Waals surface area contributed by atoms with Gasteiger partial charge < -0.3 is 10.8 Å². The van der Waals surface area contributed by atoms with Crippen molar-refractivity contribution < 1.29 is 5.11 Å². The molecule has 2 aromatic carbocycles. The lowest BCUT2D eigenvalue weighted by Gasteiger charge is -2.24. The average molecular weight is 420 g/mol.